The van der Waals surface area contributed by atoms with Gasteiger partial charge >= 0.3 is 17.9 Å². The van der Waals surface area contributed by atoms with Crippen molar-refractivity contribution >= 4 is 17.9 Å². The first kappa shape index (κ1) is 62.5. The van der Waals surface area contributed by atoms with Gasteiger partial charge in [-0.3, -0.25) is 14.4 Å². The highest BCUT2D eigenvalue weighted by molar-refractivity contribution is 5.71. The van der Waals surface area contributed by atoms with Crippen LogP contribution < -0.4 is 0 Å². The smallest absolute Gasteiger partial charge is 0.306 e. The molecule has 1 atom stereocenters. The summed E-state index contributed by atoms with van der Waals surface area (Å²) in [5, 5.41) is 0. The summed E-state index contributed by atoms with van der Waals surface area (Å²) >= 11 is 0. The van der Waals surface area contributed by atoms with Gasteiger partial charge in [-0.15, -0.1) is 0 Å². The lowest BCUT2D eigenvalue weighted by molar-refractivity contribution is -0.167. The number of unbranched alkanes of at least 4 members (excludes halogenated alkanes) is 13. The van der Waals surface area contributed by atoms with Crippen molar-refractivity contribution in [3.63, 3.8) is 0 Å². The fourth-order valence-corrected chi connectivity index (χ4v) is 6.73. The first-order chi connectivity index (χ1) is 33.0. The lowest BCUT2D eigenvalue weighted by Crippen LogP contribution is -2.30. The van der Waals surface area contributed by atoms with Crippen molar-refractivity contribution in [2.75, 3.05) is 13.2 Å². The summed E-state index contributed by atoms with van der Waals surface area (Å²) in [6, 6.07) is 0. The Bertz CT molecular complexity index is 1480. The fraction of sp³-hybridized carbons (Fsp3) is 0.590. The van der Waals surface area contributed by atoms with Gasteiger partial charge in [-0.25, -0.2) is 0 Å². The van der Waals surface area contributed by atoms with E-state index in [4.69, 9.17) is 14.2 Å². The first-order valence-electron chi connectivity index (χ1n) is 26.7. The summed E-state index contributed by atoms with van der Waals surface area (Å²) in [4.78, 5) is 38.1. The zero-order valence-corrected chi connectivity index (χ0v) is 42.9. The van der Waals surface area contributed by atoms with Crippen LogP contribution in [0.3, 0.4) is 0 Å². The molecule has 0 heterocycles. The minimum atomic E-state index is -0.814. The van der Waals surface area contributed by atoms with Crippen LogP contribution in [0.25, 0.3) is 0 Å². The number of ether oxygens (including phenoxy) is 3. The first-order valence-corrected chi connectivity index (χ1v) is 26.7. The molecule has 0 aliphatic carbocycles. The maximum absolute atomic E-state index is 12.8. The fourth-order valence-electron chi connectivity index (χ4n) is 6.73. The van der Waals surface area contributed by atoms with Crippen LogP contribution in [-0.2, 0) is 28.6 Å². The molecule has 0 aliphatic heterocycles. The van der Waals surface area contributed by atoms with E-state index in [1.54, 1.807) is 0 Å². The molecule has 0 rings (SSSR count). The molecule has 67 heavy (non-hydrogen) atoms. The van der Waals surface area contributed by atoms with E-state index in [0.717, 1.165) is 173 Å². The molecule has 6 heteroatoms. The van der Waals surface area contributed by atoms with E-state index < -0.39 is 6.10 Å². The van der Waals surface area contributed by atoms with Crippen molar-refractivity contribution in [3.05, 3.63) is 134 Å². The molecule has 0 aromatic rings. The predicted molar refractivity (Wildman–Crippen MR) is 288 cm³/mol. The largest absolute Gasteiger partial charge is 0.462 e. The highest BCUT2D eigenvalue weighted by atomic mass is 16.6. The summed E-state index contributed by atoms with van der Waals surface area (Å²) in [6.07, 6.45) is 75.7. The van der Waals surface area contributed by atoms with Crippen LogP contribution in [0.5, 0.6) is 0 Å². The van der Waals surface area contributed by atoms with Crippen molar-refractivity contribution in [1.82, 2.24) is 0 Å². The Morgan fingerprint density at radius 1 is 0.299 bits per heavy atom. The number of carbonyl (C=O) groups excluding carboxylic acids is 3. The number of hydrogen-bond acceptors (Lipinski definition) is 6. The van der Waals surface area contributed by atoms with Crippen molar-refractivity contribution in [2.45, 2.75) is 219 Å². The van der Waals surface area contributed by atoms with Gasteiger partial charge in [0.05, 0.1) is 0 Å². The van der Waals surface area contributed by atoms with Crippen LogP contribution >= 0.6 is 0 Å². The zero-order chi connectivity index (χ0) is 48.6. The van der Waals surface area contributed by atoms with Gasteiger partial charge in [0.2, 0.25) is 0 Å². The lowest BCUT2D eigenvalue weighted by atomic mass is 10.1. The van der Waals surface area contributed by atoms with Crippen LogP contribution in [0.15, 0.2) is 134 Å². The van der Waals surface area contributed by atoms with E-state index in [2.05, 4.69) is 154 Å². The second-order valence-electron chi connectivity index (χ2n) is 17.0. The predicted octanol–water partition coefficient (Wildman–Crippen LogP) is 17.9. The van der Waals surface area contributed by atoms with E-state index in [-0.39, 0.29) is 37.5 Å². The van der Waals surface area contributed by atoms with E-state index in [9.17, 15) is 14.4 Å². The van der Waals surface area contributed by atoms with Crippen molar-refractivity contribution < 1.29 is 28.6 Å². The van der Waals surface area contributed by atoms with Crippen LogP contribution in [-0.4, -0.2) is 37.2 Å². The molecule has 0 N–H and O–H groups in total. The molecule has 0 radical (unpaired) electrons. The summed E-state index contributed by atoms with van der Waals surface area (Å²) < 4.78 is 16.8. The second kappa shape index (κ2) is 54.2. The van der Waals surface area contributed by atoms with Gasteiger partial charge < -0.3 is 14.2 Å². The third-order valence-corrected chi connectivity index (χ3v) is 10.6. The normalized spacial score (nSPS) is 13.2. The number of hydrogen-bond donors (Lipinski definition) is 0. The molecule has 0 fully saturated rings. The minimum Gasteiger partial charge on any atom is -0.462 e. The molecule has 0 amide bonds. The van der Waals surface area contributed by atoms with Gasteiger partial charge in [0, 0.05) is 19.3 Å². The Morgan fingerprint density at radius 2 is 0.537 bits per heavy atom. The molecular formula is C61H96O6. The number of carbonyl (C=O) groups is 3. The summed E-state index contributed by atoms with van der Waals surface area (Å²) in [6.45, 7) is 6.23. The van der Waals surface area contributed by atoms with Crippen LogP contribution in [0.2, 0.25) is 0 Å². The minimum absolute atomic E-state index is 0.110. The maximum Gasteiger partial charge on any atom is 0.306 e. The molecule has 0 saturated carbocycles. The van der Waals surface area contributed by atoms with Gasteiger partial charge in [0.15, 0.2) is 6.10 Å². The number of rotatable bonds is 46. The number of allylic oxidation sites excluding steroid dienone is 22. The second-order valence-corrected chi connectivity index (χ2v) is 17.0. The monoisotopic (exact) mass is 925 g/mol. The molecule has 6 nitrogen and oxygen atoms in total. The van der Waals surface area contributed by atoms with Crippen LogP contribution in [0.1, 0.15) is 213 Å². The van der Waals surface area contributed by atoms with E-state index >= 15 is 0 Å². The van der Waals surface area contributed by atoms with Crippen LogP contribution in [0.4, 0.5) is 0 Å². The Kier molecular flexibility index (Phi) is 50.6. The highest BCUT2D eigenvalue weighted by Crippen LogP contribution is 2.12. The Balaban J connectivity index is 4.54. The third-order valence-electron chi connectivity index (χ3n) is 10.6. The van der Waals surface area contributed by atoms with Gasteiger partial charge in [-0.1, -0.05) is 199 Å². The highest BCUT2D eigenvalue weighted by Gasteiger charge is 2.19. The summed E-state index contributed by atoms with van der Waals surface area (Å²) in [7, 11) is 0. The van der Waals surface area contributed by atoms with Crippen molar-refractivity contribution in [3.8, 4) is 0 Å². The topological polar surface area (TPSA) is 78.9 Å². The Labute approximate surface area is 411 Å². The third kappa shape index (κ3) is 52.4. The van der Waals surface area contributed by atoms with Gasteiger partial charge in [0.25, 0.3) is 0 Å². The van der Waals surface area contributed by atoms with E-state index in [0.29, 0.717) is 12.8 Å². The Morgan fingerprint density at radius 3 is 0.836 bits per heavy atom. The summed E-state index contributed by atoms with van der Waals surface area (Å²) in [5.41, 5.74) is 0. The van der Waals surface area contributed by atoms with Gasteiger partial charge in [0.1, 0.15) is 13.2 Å². The van der Waals surface area contributed by atoms with Crippen molar-refractivity contribution in [1.29, 1.82) is 0 Å². The van der Waals surface area contributed by atoms with Gasteiger partial charge in [-0.05, 0) is 128 Å². The Hall–Kier alpha value is -4.45. The standard InChI is InChI=1S/C61H96O6/c1-4-7-10-13-16-19-22-25-28-30-33-36-39-42-45-48-51-54-60(63)66-57-58(56-65-59(62)53-50-47-44-41-38-35-32-27-24-21-18-15-12-9-6-3)67-61(64)55-52-49-46-43-40-37-34-31-29-26-23-20-17-14-11-8-5-2/h7-12,16-21,25-29,32-34,36-37,58H,4-6,13-15,22-24,30-31,35,38-57H2,1-3H3/b10-7-,11-8-,12-9-,19-16-,20-17-,21-18-,28-25-,29-26-,32-27-,36-33-,37-34-/t58-/m0/s1. The summed E-state index contributed by atoms with van der Waals surface area (Å²) in [5.74, 6) is -0.982. The van der Waals surface area contributed by atoms with Crippen LogP contribution in [0, 0.1) is 0 Å². The zero-order valence-electron chi connectivity index (χ0n) is 42.9. The molecule has 0 aromatic carbocycles. The molecule has 0 unspecified atom stereocenters. The van der Waals surface area contributed by atoms with Gasteiger partial charge in [-0.2, -0.15) is 0 Å². The number of esters is 3. The molecule has 0 aliphatic rings. The molecule has 0 aromatic heterocycles. The molecule has 376 valence electrons. The van der Waals surface area contributed by atoms with E-state index in [1.165, 1.54) is 0 Å². The quantitative estimate of drug-likeness (QED) is 0.0262. The van der Waals surface area contributed by atoms with Crippen molar-refractivity contribution in [2.24, 2.45) is 0 Å². The lowest BCUT2D eigenvalue weighted by Gasteiger charge is -2.18. The average Bonchev–Trinajstić information content (AvgIpc) is 3.33. The molecular weight excluding hydrogens is 829 g/mol. The SMILES string of the molecule is CC/C=C\C/C=C\C/C=C\C/C=C\CCCCCCC(=O)OC[C@H](COC(=O)CCCCCCC/C=C\C/C=C\C/C=C\CC)OC(=O)CCCCCC/C=C\C/C=C\C/C=C\C/C=C\CC. The maximum atomic E-state index is 12.8. The molecule has 0 saturated heterocycles. The van der Waals surface area contributed by atoms with E-state index in [1.807, 2.05) is 0 Å². The average molecular weight is 925 g/mol. The molecule has 0 spiro atoms. The molecule has 0 bridgehead atoms.